The third kappa shape index (κ3) is 5.68. The lowest BCUT2D eigenvalue weighted by atomic mass is 9.92. The number of halogens is 3. The number of hydroxylamine groups is 2. The van der Waals surface area contributed by atoms with Crippen molar-refractivity contribution >= 4 is 35.4 Å². The molecule has 0 radical (unpaired) electrons. The van der Waals surface area contributed by atoms with Gasteiger partial charge in [0, 0.05) is 13.1 Å². The van der Waals surface area contributed by atoms with Crippen LogP contribution in [-0.4, -0.2) is 92.6 Å². The Hall–Kier alpha value is -4.27. The molecule has 12 nitrogen and oxygen atoms in total. The summed E-state index contributed by atoms with van der Waals surface area (Å²) >= 11 is 0. The molecule has 2 unspecified atom stereocenters. The molecule has 1 aliphatic carbocycles. The molecule has 3 atom stereocenters. The summed E-state index contributed by atoms with van der Waals surface area (Å²) in [6.45, 7) is 2.29. The molecule has 1 aromatic carbocycles. The molecule has 0 saturated carbocycles. The molecule has 5 rings (SSSR count). The predicted molar refractivity (Wildman–Crippen MR) is 135 cm³/mol. The summed E-state index contributed by atoms with van der Waals surface area (Å²) in [6, 6.07) is 3.68. The quantitative estimate of drug-likeness (QED) is 0.560. The number of ether oxygens (including phenoxy) is 2. The zero-order valence-corrected chi connectivity index (χ0v) is 21.4. The van der Waals surface area contributed by atoms with Crippen LogP contribution in [0.4, 0.5) is 34.1 Å². The van der Waals surface area contributed by atoms with Gasteiger partial charge < -0.3 is 19.7 Å². The summed E-state index contributed by atoms with van der Waals surface area (Å²) in [5.41, 5.74) is -0.159. The zero-order chi connectivity index (χ0) is 28.4. The summed E-state index contributed by atoms with van der Waals surface area (Å²) in [5.74, 6) is -2.09. The van der Waals surface area contributed by atoms with Gasteiger partial charge in [-0.05, 0) is 31.2 Å². The molecule has 2 fully saturated rings. The van der Waals surface area contributed by atoms with E-state index in [0.717, 1.165) is 16.0 Å². The first-order chi connectivity index (χ1) is 19.1. The maximum atomic E-state index is 15.2. The molecule has 0 bridgehead atoms. The van der Waals surface area contributed by atoms with Gasteiger partial charge >= 0.3 is 18.5 Å². The molecule has 3 heterocycles. The fourth-order valence-electron chi connectivity index (χ4n) is 4.64. The second-order valence-electron chi connectivity index (χ2n) is 9.58. The largest absolute Gasteiger partial charge is 0.454 e. The standard InChI is InChI=1S/C25H27F3N6O6/c1-25-7-3-2-4-19(25)40-22(31-25)30-23(36)34-9-8-32(10-11-38-34)18-6-5-15(12-17(18)26)33-14-16(39-24(33)37)13-29-21(35)20(27)28/h2-7,12,16,19-20H,8-11,13-14H2,1H3,(H,29,35)(H,30,31,36)/t16-,19?,25?/m0/s1. The first-order valence-corrected chi connectivity index (χ1v) is 12.6. The van der Waals surface area contributed by atoms with Crippen molar-refractivity contribution in [1.82, 2.24) is 15.7 Å². The lowest BCUT2D eigenvalue weighted by molar-refractivity contribution is -0.132. The molecule has 1 aromatic rings. The highest BCUT2D eigenvalue weighted by molar-refractivity contribution is 5.94. The molecule has 214 valence electrons. The van der Waals surface area contributed by atoms with Crippen molar-refractivity contribution in [2.45, 2.75) is 31.1 Å². The van der Waals surface area contributed by atoms with E-state index in [1.54, 1.807) is 4.90 Å². The smallest absolute Gasteiger partial charge is 0.414 e. The number of nitrogens with zero attached hydrogens (tertiary/aromatic N) is 4. The Morgan fingerprint density at radius 2 is 2.02 bits per heavy atom. The maximum Gasteiger partial charge on any atom is 0.414 e. The topological polar surface area (TPSA) is 125 Å². The minimum atomic E-state index is -3.18. The number of hydrogen-bond donors (Lipinski definition) is 2. The molecule has 0 spiro atoms. The lowest BCUT2D eigenvalue weighted by Gasteiger charge is -2.24. The highest BCUT2D eigenvalue weighted by Crippen LogP contribution is 2.31. The van der Waals surface area contributed by atoms with E-state index in [1.165, 1.54) is 12.1 Å². The lowest BCUT2D eigenvalue weighted by Crippen LogP contribution is -2.44. The number of carbonyl (C=O) groups excluding carboxylic acids is 3. The Kier molecular flexibility index (Phi) is 7.56. The number of alkyl halides is 2. The van der Waals surface area contributed by atoms with Gasteiger partial charge in [0.1, 0.15) is 23.6 Å². The van der Waals surface area contributed by atoms with Gasteiger partial charge in [0.25, 0.3) is 11.9 Å². The van der Waals surface area contributed by atoms with E-state index < -0.39 is 41.9 Å². The Morgan fingerprint density at radius 3 is 2.77 bits per heavy atom. The van der Waals surface area contributed by atoms with Gasteiger partial charge in [-0.1, -0.05) is 18.2 Å². The van der Waals surface area contributed by atoms with E-state index in [1.807, 2.05) is 36.5 Å². The van der Waals surface area contributed by atoms with Crippen molar-refractivity contribution in [2.75, 3.05) is 49.1 Å². The first kappa shape index (κ1) is 27.3. The molecule has 4 aliphatic rings. The number of carbonyl (C=O) groups is 3. The summed E-state index contributed by atoms with van der Waals surface area (Å²) < 4.78 is 50.7. The van der Waals surface area contributed by atoms with Gasteiger partial charge in [-0.25, -0.2) is 24.0 Å². The van der Waals surface area contributed by atoms with Crippen LogP contribution in [0, 0.1) is 5.82 Å². The molecule has 0 aromatic heterocycles. The summed E-state index contributed by atoms with van der Waals surface area (Å²) in [4.78, 5) is 49.0. The van der Waals surface area contributed by atoms with Crippen LogP contribution in [0.1, 0.15) is 6.92 Å². The zero-order valence-electron chi connectivity index (χ0n) is 21.4. The van der Waals surface area contributed by atoms with E-state index >= 15 is 4.39 Å². The number of rotatable bonds is 5. The number of allylic oxidation sites excluding steroid dienone is 2. The van der Waals surface area contributed by atoms with Crippen LogP contribution >= 0.6 is 0 Å². The van der Waals surface area contributed by atoms with E-state index in [0.29, 0.717) is 0 Å². The number of aliphatic imine (C=N–C) groups is 1. The maximum absolute atomic E-state index is 15.2. The predicted octanol–water partition coefficient (Wildman–Crippen LogP) is 1.93. The number of amidine groups is 1. The van der Waals surface area contributed by atoms with Gasteiger partial charge in [0.05, 0.1) is 37.6 Å². The van der Waals surface area contributed by atoms with Crippen LogP contribution in [0.15, 0.2) is 47.5 Å². The summed E-state index contributed by atoms with van der Waals surface area (Å²) in [5, 5.41) is 5.73. The SMILES string of the molecule is CC12C=CC=CC1OC(NC(=O)N1CCN(c3ccc(N4C[C@H](CNC(=O)C(F)F)OC4=O)cc3F)CCO1)=N2. The molecule has 4 amide bonds. The average Bonchev–Trinajstić information content (AvgIpc) is 3.34. The molecular weight excluding hydrogens is 537 g/mol. The van der Waals surface area contributed by atoms with Gasteiger partial charge in [0.15, 0.2) is 0 Å². The molecule has 15 heteroatoms. The molecule has 40 heavy (non-hydrogen) atoms. The Balaban J connectivity index is 1.16. The minimum Gasteiger partial charge on any atom is -0.454 e. The van der Waals surface area contributed by atoms with Crippen molar-refractivity contribution in [2.24, 2.45) is 4.99 Å². The third-order valence-corrected chi connectivity index (χ3v) is 6.77. The highest BCUT2D eigenvalue weighted by atomic mass is 19.3. The van der Waals surface area contributed by atoms with Crippen LogP contribution in [0.25, 0.3) is 0 Å². The number of fused-ring (bicyclic) bond motifs is 1. The van der Waals surface area contributed by atoms with Crippen LogP contribution in [-0.2, 0) is 19.1 Å². The molecule has 2 saturated heterocycles. The Morgan fingerprint density at radius 1 is 1.20 bits per heavy atom. The summed E-state index contributed by atoms with van der Waals surface area (Å²) in [7, 11) is 0. The highest BCUT2D eigenvalue weighted by Gasteiger charge is 2.41. The van der Waals surface area contributed by atoms with E-state index in [2.05, 4.69) is 10.3 Å². The van der Waals surface area contributed by atoms with E-state index in [4.69, 9.17) is 14.3 Å². The van der Waals surface area contributed by atoms with E-state index in [-0.39, 0.29) is 62.8 Å². The van der Waals surface area contributed by atoms with Crippen molar-refractivity contribution in [1.29, 1.82) is 0 Å². The van der Waals surface area contributed by atoms with Crippen LogP contribution in [0.5, 0.6) is 0 Å². The number of cyclic esters (lactones) is 1. The second kappa shape index (κ2) is 11.1. The number of benzene rings is 1. The fraction of sp³-hybridized carbons (Fsp3) is 0.440. The first-order valence-electron chi connectivity index (χ1n) is 12.6. The molecule has 2 N–H and O–H groups in total. The van der Waals surface area contributed by atoms with Crippen LogP contribution < -0.4 is 20.4 Å². The van der Waals surface area contributed by atoms with Gasteiger partial charge in [-0.3, -0.25) is 19.8 Å². The van der Waals surface area contributed by atoms with Gasteiger partial charge in [-0.15, -0.1) is 0 Å². The summed E-state index contributed by atoms with van der Waals surface area (Å²) in [6.07, 6.45) is 2.30. The average molecular weight is 565 g/mol. The number of urea groups is 1. The van der Waals surface area contributed by atoms with Crippen molar-refractivity contribution in [3.63, 3.8) is 0 Å². The number of amides is 4. The Labute approximate surface area is 227 Å². The Bertz CT molecular complexity index is 1280. The van der Waals surface area contributed by atoms with Crippen LogP contribution in [0.2, 0.25) is 0 Å². The van der Waals surface area contributed by atoms with Crippen molar-refractivity contribution in [3.8, 4) is 0 Å². The van der Waals surface area contributed by atoms with Crippen molar-refractivity contribution < 1.29 is 41.9 Å². The number of hydrogen-bond acceptors (Lipinski definition) is 8. The minimum absolute atomic E-state index is 0.0513. The second-order valence-corrected chi connectivity index (χ2v) is 9.58. The van der Waals surface area contributed by atoms with E-state index in [9.17, 15) is 23.2 Å². The van der Waals surface area contributed by atoms with Crippen LogP contribution in [0.3, 0.4) is 0 Å². The molecule has 3 aliphatic heterocycles. The van der Waals surface area contributed by atoms with Gasteiger partial charge in [-0.2, -0.15) is 8.78 Å². The van der Waals surface area contributed by atoms with Gasteiger partial charge in [0.2, 0.25) is 0 Å². The number of nitrogens with one attached hydrogen (secondary N) is 2. The normalized spacial score (nSPS) is 25.8. The fourth-order valence-corrected chi connectivity index (χ4v) is 4.64. The molecular formula is C25H27F3N6O6. The third-order valence-electron chi connectivity index (χ3n) is 6.77. The number of anilines is 2. The monoisotopic (exact) mass is 564 g/mol. The van der Waals surface area contributed by atoms with Crippen molar-refractivity contribution in [3.05, 3.63) is 48.3 Å².